The first-order chi connectivity index (χ1) is 14.3. The van der Waals surface area contributed by atoms with Crippen LogP contribution in [0.5, 0.6) is 5.75 Å². The highest BCUT2D eigenvalue weighted by Crippen LogP contribution is 2.21. The molecule has 2 aromatic carbocycles. The van der Waals surface area contributed by atoms with Crippen molar-refractivity contribution in [3.05, 3.63) is 64.7 Å². The topological polar surface area (TPSA) is 58.6 Å². The maximum absolute atomic E-state index is 13.3. The maximum atomic E-state index is 13.3. The molecule has 0 heterocycles. The number of hydrogen-bond acceptors (Lipinski definition) is 3. The van der Waals surface area contributed by atoms with Gasteiger partial charge in [0.25, 0.3) is 0 Å². The summed E-state index contributed by atoms with van der Waals surface area (Å²) in [6.45, 7) is 6.85. The molecule has 0 spiro atoms. The van der Waals surface area contributed by atoms with Crippen LogP contribution < -0.4 is 10.1 Å². The van der Waals surface area contributed by atoms with Crippen LogP contribution in [0.1, 0.15) is 38.3 Å². The third-order valence-electron chi connectivity index (χ3n) is 4.88. The fraction of sp³-hybridized carbons (Fsp3) is 0.417. The molecule has 0 aromatic heterocycles. The molecular weight excluding hydrogens is 400 g/mol. The van der Waals surface area contributed by atoms with Crippen LogP contribution in [-0.4, -0.2) is 36.4 Å². The van der Waals surface area contributed by atoms with Crippen LogP contribution in [0.25, 0.3) is 0 Å². The number of carbonyl (C=O) groups excluding carboxylic acids is 2. The summed E-state index contributed by atoms with van der Waals surface area (Å²) in [5, 5.41) is 3.55. The van der Waals surface area contributed by atoms with Crippen molar-refractivity contribution in [2.45, 2.75) is 46.2 Å². The van der Waals surface area contributed by atoms with Crippen LogP contribution in [0.2, 0.25) is 5.02 Å². The molecule has 0 aliphatic rings. The minimum Gasteiger partial charge on any atom is -0.497 e. The molecule has 0 saturated carbocycles. The number of nitrogens with one attached hydrogen (secondary N) is 1. The zero-order chi connectivity index (χ0) is 22.1. The van der Waals surface area contributed by atoms with Gasteiger partial charge in [-0.2, -0.15) is 0 Å². The third-order valence-corrected chi connectivity index (χ3v) is 5.25. The van der Waals surface area contributed by atoms with Gasteiger partial charge in [0.1, 0.15) is 11.8 Å². The summed E-state index contributed by atoms with van der Waals surface area (Å²) in [6.07, 6.45) is 0.713. The summed E-state index contributed by atoms with van der Waals surface area (Å²) in [7, 11) is 1.60. The van der Waals surface area contributed by atoms with Gasteiger partial charge in [0.05, 0.1) is 13.5 Å². The first kappa shape index (κ1) is 23.7. The molecule has 2 aromatic rings. The minimum absolute atomic E-state index is 0.119. The molecule has 0 radical (unpaired) electrons. The third kappa shape index (κ3) is 6.77. The molecule has 6 heteroatoms. The highest BCUT2D eigenvalue weighted by atomic mass is 35.5. The van der Waals surface area contributed by atoms with E-state index in [1.54, 1.807) is 18.1 Å². The van der Waals surface area contributed by atoms with Gasteiger partial charge < -0.3 is 15.0 Å². The van der Waals surface area contributed by atoms with Crippen molar-refractivity contribution in [1.82, 2.24) is 10.2 Å². The van der Waals surface area contributed by atoms with Crippen LogP contribution in [-0.2, 0) is 22.6 Å². The molecule has 1 atom stereocenters. The second-order valence-electron chi connectivity index (χ2n) is 7.70. The Morgan fingerprint density at radius 3 is 2.33 bits per heavy atom. The Kier molecular flexibility index (Phi) is 9.18. The minimum atomic E-state index is -0.564. The van der Waals surface area contributed by atoms with Crippen LogP contribution in [0, 0.1) is 5.92 Å². The summed E-state index contributed by atoms with van der Waals surface area (Å²) in [5.74, 6) is 0.810. The molecule has 2 amide bonds. The number of ether oxygens (including phenoxy) is 1. The number of methoxy groups -OCH3 is 1. The number of carbonyl (C=O) groups is 2. The highest BCUT2D eigenvalue weighted by molar-refractivity contribution is 6.31. The van der Waals surface area contributed by atoms with Crippen molar-refractivity contribution < 1.29 is 14.3 Å². The number of hydrogen-bond donors (Lipinski definition) is 1. The molecule has 1 N–H and O–H groups in total. The number of rotatable bonds is 10. The molecule has 0 bridgehead atoms. The van der Waals surface area contributed by atoms with Crippen molar-refractivity contribution in [3.63, 3.8) is 0 Å². The van der Waals surface area contributed by atoms with E-state index in [0.717, 1.165) is 16.9 Å². The lowest BCUT2D eigenvalue weighted by Crippen LogP contribution is -2.50. The normalized spacial score (nSPS) is 11.8. The Bertz CT molecular complexity index is 837. The van der Waals surface area contributed by atoms with Gasteiger partial charge in [-0.3, -0.25) is 9.59 Å². The summed E-state index contributed by atoms with van der Waals surface area (Å²) < 4.78 is 5.18. The number of benzene rings is 2. The van der Waals surface area contributed by atoms with Crippen LogP contribution >= 0.6 is 11.6 Å². The number of nitrogens with zero attached hydrogens (tertiary/aromatic N) is 1. The lowest BCUT2D eigenvalue weighted by molar-refractivity contribution is -0.141. The van der Waals surface area contributed by atoms with E-state index in [-0.39, 0.29) is 24.8 Å². The Morgan fingerprint density at radius 2 is 1.77 bits per heavy atom. The van der Waals surface area contributed by atoms with E-state index in [0.29, 0.717) is 23.9 Å². The first-order valence-corrected chi connectivity index (χ1v) is 10.7. The standard InChI is InChI=1S/C24H31ClN2O3/c1-5-22(24(29)26-15-17(2)3)27(16-19-8-6-7-9-21(19)25)23(28)14-18-10-12-20(30-4)13-11-18/h6-13,17,22H,5,14-16H2,1-4H3,(H,26,29)/t22-/m0/s1. The van der Waals surface area contributed by atoms with Gasteiger partial charge in [-0.1, -0.05) is 62.7 Å². The van der Waals surface area contributed by atoms with Gasteiger partial charge in [0.15, 0.2) is 0 Å². The van der Waals surface area contributed by atoms with Crippen molar-refractivity contribution in [3.8, 4) is 5.75 Å². The smallest absolute Gasteiger partial charge is 0.242 e. The molecule has 0 unspecified atom stereocenters. The predicted molar refractivity (Wildman–Crippen MR) is 121 cm³/mol. The predicted octanol–water partition coefficient (Wildman–Crippen LogP) is 4.47. The molecular formula is C24H31ClN2O3. The second kappa shape index (κ2) is 11.6. The van der Waals surface area contributed by atoms with Crippen LogP contribution in [0.4, 0.5) is 0 Å². The van der Waals surface area contributed by atoms with Crippen molar-refractivity contribution in [2.75, 3.05) is 13.7 Å². The zero-order valence-corrected chi connectivity index (χ0v) is 18.9. The molecule has 0 saturated heterocycles. The monoisotopic (exact) mass is 430 g/mol. The first-order valence-electron chi connectivity index (χ1n) is 10.3. The molecule has 0 fully saturated rings. The van der Waals surface area contributed by atoms with Gasteiger partial charge in [-0.25, -0.2) is 0 Å². The van der Waals surface area contributed by atoms with E-state index in [9.17, 15) is 9.59 Å². The summed E-state index contributed by atoms with van der Waals surface area (Å²) in [4.78, 5) is 27.8. The van der Waals surface area contributed by atoms with Crippen molar-refractivity contribution in [1.29, 1.82) is 0 Å². The lowest BCUT2D eigenvalue weighted by Gasteiger charge is -2.31. The van der Waals surface area contributed by atoms with E-state index >= 15 is 0 Å². The number of halogens is 1. The summed E-state index contributed by atoms with van der Waals surface area (Å²) >= 11 is 6.34. The Morgan fingerprint density at radius 1 is 1.10 bits per heavy atom. The number of amides is 2. The molecule has 2 rings (SSSR count). The SMILES string of the molecule is CC[C@@H](C(=O)NCC(C)C)N(Cc1ccccc1Cl)C(=O)Cc1ccc(OC)cc1. The van der Waals surface area contributed by atoms with Gasteiger partial charge in [-0.05, 0) is 41.7 Å². The Labute approximate surface area is 184 Å². The van der Waals surface area contributed by atoms with Crippen LogP contribution in [0.15, 0.2) is 48.5 Å². The molecule has 162 valence electrons. The van der Waals surface area contributed by atoms with E-state index in [4.69, 9.17) is 16.3 Å². The summed E-state index contributed by atoms with van der Waals surface area (Å²) in [5.41, 5.74) is 1.68. The maximum Gasteiger partial charge on any atom is 0.242 e. The summed E-state index contributed by atoms with van der Waals surface area (Å²) in [6, 6.07) is 14.2. The largest absolute Gasteiger partial charge is 0.497 e. The van der Waals surface area contributed by atoms with Gasteiger partial charge in [0.2, 0.25) is 11.8 Å². The van der Waals surface area contributed by atoms with E-state index in [1.807, 2.05) is 63.2 Å². The van der Waals surface area contributed by atoms with Crippen LogP contribution in [0.3, 0.4) is 0 Å². The van der Waals surface area contributed by atoms with E-state index < -0.39 is 6.04 Å². The quantitative estimate of drug-likeness (QED) is 0.605. The molecule has 30 heavy (non-hydrogen) atoms. The Hall–Kier alpha value is -2.53. The van der Waals surface area contributed by atoms with E-state index in [2.05, 4.69) is 5.32 Å². The molecule has 0 aliphatic carbocycles. The van der Waals surface area contributed by atoms with Crippen molar-refractivity contribution >= 4 is 23.4 Å². The molecule has 5 nitrogen and oxygen atoms in total. The fourth-order valence-corrected chi connectivity index (χ4v) is 3.37. The zero-order valence-electron chi connectivity index (χ0n) is 18.2. The van der Waals surface area contributed by atoms with Gasteiger partial charge >= 0.3 is 0 Å². The lowest BCUT2D eigenvalue weighted by atomic mass is 10.1. The average molecular weight is 431 g/mol. The van der Waals surface area contributed by atoms with Gasteiger partial charge in [-0.15, -0.1) is 0 Å². The average Bonchev–Trinajstić information content (AvgIpc) is 2.73. The second-order valence-corrected chi connectivity index (χ2v) is 8.11. The molecule has 0 aliphatic heterocycles. The Balaban J connectivity index is 2.27. The highest BCUT2D eigenvalue weighted by Gasteiger charge is 2.29. The van der Waals surface area contributed by atoms with E-state index in [1.165, 1.54) is 0 Å². The fourth-order valence-electron chi connectivity index (χ4n) is 3.17. The van der Waals surface area contributed by atoms with Crippen molar-refractivity contribution in [2.24, 2.45) is 5.92 Å². The van der Waals surface area contributed by atoms with Gasteiger partial charge in [0, 0.05) is 18.1 Å².